The van der Waals surface area contributed by atoms with Gasteiger partial charge in [0.15, 0.2) is 0 Å². The first-order valence-electron chi connectivity index (χ1n) is 9.56. The van der Waals surface area contributed by atoms with E-state index in [2.05, 4.69) is 15.6 Å². The topological polar surface area (TPSA) is 66.2 Å². The summed E-state index contributed by atoms with van der Waals surface area (Å²) in [5, 5.41) is 6.53. The number of ether oxygens (including phenoxy) is 1. The summed E-state index contributed by atoms with van der Waals surface area (Å²) >= 11 is 0. The Morgan fingerprint density at radius 1 is 1.24 bits per heavy atom. The van der Waals surface area contributed by atoms with E-state index in [-0.39, 0.29) is 5.92 Å². The molecule has 3 N–H and O–H groups in total. The van der Waals surface area contributed by atoms with Crippen molar-refractivity contribution >= 4 is 16.8 Å². The van der Waals surface area contributed by atoms with Gasteiger partial charge < -0.3 is 15.0 Å². The molecule has 29 heavy (non-hydrogen) atoms. The minimum Gasteiger partial charge on any atom is -0.497 e. The van der Waals surface area contributed by atoms with Crippen molar-refractivity contribution in [3.8, 4) is 5.75 Å². The number of alkyl halides is 2. The highest BCUT2D eigenvalue weighted by atomic mass is 19.3. The lowest BCUT2D eigenvalue weighted by Crippen LogP contribution is -2.42. The molecule has 1 aromatic heterocycles. The smallest absolute Gasteiger partial charge is 0.262 e. The van der Waals surface area contributed by atoms with Crippen molar-refractivity contribution in [2.45, 2.75) is 24.3 Å². The fourth-order valence-corrected chi connectivity index (χ4v) is 3.85. The number of para-hydroxylation sites is 1. The molecule has 1 amide bonds. The van der Waals surface area contributed by atoms with E-state index in [4.69, 9.17) is 4.74 Å². The Morgan fingerprint density at radius 2 is 2.00 bits per heavy atom. The number of nitrogens with one attached hydrogen (secondary N) is 3. The van der Waals surface area contributed by atoms with Gasteiger partial charge in [0.25, 0.3) is 5.92 Å². The Morgan fingerprint density at radius 3 is 2.69 bits per heavy atom. The van der Waals surface area contributed by atoms with E-state index in [1.54, 1.807) is 7.11 Å². The first kappa shape index (κ1) is 19.4. The lowest BCUT2D eigenvalue weighted by Gasteiger charge is -2.20. The van der Waals surface area contributed by atoms with Crippen LogP contribution in [0.2, 0.25) is 0 Å². The Balaban J connectivity index is 1.59. The number of methoxy groups -OCH3 is 1. The van der Waals surface area contributed by atoms with Crippen molar-refractivity contribution in [3.63, 3.8) is 0 Å². The number of aromatic nitrogens is 1. The molecule has 0 spiro atoms. The third-order valence-corrected chi connectivity index (χ3v) is 5.42. The van der Waals surface area contributed by atoms with Gasteiger partial charge in [-0.3, -0.25) is 10.1 Å². The third-order valence-electron chi connectivity index (χ3n) is 5.42. The van der Waals surface area contributed by atoms with Crippen LogP contribution < -0.4 is 15.4 Å². The highest BCUT2D eigenvalue weighted by molar-refractivity contribution is 5.85. The molecule has 1 saturated heterocycles. The summed E-state index contributed by atoms with van der Waals surface area (Å²) in [5.74, 6) is -2.63. The predicted molar refractivity (Wildman–Crippen MR) is 108 cm³/mol. The summed E-state index contributed by atoms with van der Waals surface area (Å²) in [7, 11) is 1.61. The van der Waals surface area contributed by atoms with Crippen molar-refractivity contribution < 1.29 is 18.3 Å². The Hall–Kier alpha value is -2.93. The average Bonchev–Trinajstić information content (AvgIpc) is 3.32. The summed E-state index contributed by atoms with van der Waals surface area (Å²) in [4.78, 5) is 15.7. The van der Waals surface area contributed by atoms with Crippen LogP contribution >= 0.6 is 0 Å². The van der Waals surface area contributed by atoms with Crippen LogP contribution in [0.1, 0.15) is 23.5 Å². The molecule has 2 unspecified atom stereocenters. The van der Waals surface area contributed by atoms with Crippen LogP contribution in [-0.2, 0) is 4.79 Å². The second kappa shape index (κ2) is 7.83. The van der Waals surface area contributed by atoms with Crippen molar-refractivity contribution in [2.24, 2.45) is 0 Å². The van der Waals surface area contributed by atoms with Crippen molar-refractivity contribution in [2.75, 3.05) is 20.2 Å². The quantitative estimate of drug-likeness (QED) is 0.595. The number of carbonyl (C=O) groups excluding carboxylic acids is 1. The monoisotopic (exact) mass is 399 g/mol. The van der Waals surface area contributed by atoms with E-state index >= 15 is 0 Å². The zero-order chi connectivity index (χ0) is 20.4. The zero-order valence-electron chi connectivity index (χ0n) is 16.0. The molecule has 0 bridgehead atoms. The van der Waals surface area contributed by atoms with E-state index in [1.807, 2.05) is 54.7 Å². The molecule has 1 aliphatic heterocycles. The van der Waals surface area contributed by atoms with Gasteiger partial charge in [-0.1, -0.05) is 30.3 Å². The van der Waals surface area contributed by atoms with Crippen LogP contribution in [0.3, 0.4) is 0 Å². The largest absolute Gasteiger partial charge is 0.497 e. The van der Waals surface area contributed by atoms with Gasteiger partial charge in [-0.05, 0) is 29.3 Å². The van der Waals surface area contributed by atoms with Crippen LogP contribution in [-0.4, -0.2) is 43.1 Å². The minimum absolute atomic E-state index is 0.136. The van der Waals surface area contributed by atoms with Gasteiger partial charge in [0.1, 0.15) is 5.75 Å². The molecule has 152 valence electrons. The Kier molecular flexibility index (Phi) is 5.24. The summed E-state index contributed by atoms with van der Waals surface area (Å²) < 4.78 is 32.1. The number of fused-ring (bicyclic) bond motifs is 1. The number of halogens is 2. The van der Waals surface area contributed by atoms with Crippen LogP contribution in [0.5, 0.6) is 5.75 Å². The molecule has 1 fully saturated rings. The SMILES string of the molecule is COc1ccc(C(CNC(=O)C2CC(F)(F)CN2)c2c[nH]c3ccccc23)cc1. The second-order valence-electron chi connectivity index (χ2n) is 7.35. The molecule has 2 atom stereocenters. The number of benzene rings is 2. The molecule has 5 nitrogen and oxygen atoms in total. The molecule has 0 aliphatic carbocycles. The Labute approximate surface area is 167 Å². The fourth-order valence-electron chi connectivity index (χ4n) is 3.85. The van der Waals surface area contributed by atoms with E-state index in [9.17, 15) is 13.6 Å². The Bertz CT molecular complexity index is 1000. The summed E-state index contributed by atoms with van der Waals surface area (Å²) in [6.45, 7) is -0.161. The normalized spacial score (nSPS) is 19.2. The van der Waals surface area contributed by atoms with E-state index in [1.165, 1.54) is 0 Å². The van der Waals surface area contributed by atoms with E-state index < -0.39 is 30.8 Å². The number of rotatable bonds is 6. The van der Waals surface area contributed by atoms with Gasteiger partial charge in [-0.2, -0.15) is 0 Å². The summed E-state index contributed by atoms with van der Waals surface area (Å²) in [5.41, 5.74) is 3.04. The van der Waals surface area contributed by atoms with Gasteiger partial charge in [-0.25, -0.2) is 8.78 Å². The summed E-state index contributed by atoms with van der Waals surface area (Å²) in [6, 6.07) is 14.7. The molecule has 2 aromatic carbocycles. The van der Waals surface area contributed by atoms with E-state index in [0.717, 1.165) is 27.8 Å². The number of hydrogen-bond acceptors (Lipinski definition) is 3. The standard InChI is InChI=1S/C22H23F2N3O2/c1-29-15-8-6-14(7-9-15)17(18-12-25-19-5-3-2-4-16(18)19)11-26-21(28)20-10-22(23,24)13-27-20/h2-9,12,17,20,25,27H,10-11,13H2,1H3,(H,26,28). The highest BCUT2D eigenvalue weighted by Gasteiger charge is 2.42. The first-order chi connectivity index (χ1) is 14.0. The average molecular weight is 399 g/mol. The number of aromatic amines is 1. The van der Waals surface area contributed by atoms with Crippen molar-refractivity contribution in [3.05, 3.63) is 65.9 Å². The highest BCUT2D eigenvalue weighted by Crippen LogP contribution is 2.32. The maximum Gasteiger partial charge on any atom is 0.262 e. The maximum atomic E-state index is 13.4. The number of carbonyl (C=O) groups is 1. The summed E-state index contributed by atoms with van der Waals surface area (Å²) in [6.07, 6.45) is 1.47. The van der Waals surface area contributed by atoms with Crippen molar-refractivity contribution in [1.29, 1.82) is 0 Å². The lowest BCUT2D eigenvalue weighted by atomic mass is 9.90. The minimum atomic E-state index is -2.84. The zero-order valence-corrected chi connectivity index (χ0v) is 16.0. The lowest BCUT2D eigenvalue weighted by molar-refractivity contribution is -0.123. The first-order valence-corrected chi connectivity index (χ1v) is 9.56. The molecular formula is C22H23F2N3O2. The molecule has 7 heteroatoms. The van der Waals surface area contributed by atoms with Gasteiger partial charge in [0.2, 0.25) is 5.91 Å². The van der Waals surface area contributed by atoms with Gasteiger partial charge >= 0.3 is 0 Å². The van der Waals surface area contributed by atoms with E-state index in [0.29, 0.717) is 6.54 Å². The molecule has 1 aliphatic rings. The molecule has 0 saturated carbocycles. The van der Waals surface area contributed by atoms with Crippen LogP contribution in [0.4, 0.5) is 8.78 Å². The number of H-pyrrole nitrogens is 1. The molecule has 3 aromatic rings. The van der Waals surface area contributed by atoms with Crippen LogP contribution in [0.25, 0.3) is 10.9 Å². The maximum absolute atomic E-state index is 13.4. The van der Waals surface area contributed by atoms with Crippen molar-refractivity contribution in [1.82, 2.24) is 15.6 Å². The predicted octanol–water partition coefficient (Wildman–Crippen LogP) is 3.42. The second-order valence-corrected chi connectivity index (χ2v) is 7.35. The molecule has 2 heterocycles. The molecular weight excluding hydrogens is 376 g/mol. The molecule has 0 radical (unpaired) electrons. The van der Waals surface area contributed by atoms with Gasteiger partial charge in [0.05, 0.1) is 19.7 Å². The van der Waals surface area contributed by atoms with Gasteiger partial charge in [0, 0.05) is 36.0 Å². The van der Waals surface area contributed by atoms with Crippen LogP contribution in [0, 0.1) is 0 Å². The van der Waals surface area contributed by atoms with Gasteiger partial charge in [-0.15, -0.1) is 0 Å². The van der Waals surface area contributed by atoms with Crippen LogP contribution in [0.15, 0.2) is 54.7 Å². The molecule has 4 rings (SSSR count). The third kappa shape index (κ3) is 4.10. The fraction of sp³-hybridized carbons (Fsp3) is 0.318. The number of hydrogen-bond donors (Lipinski definition) is 3. The number of amides is 1.